The average molecular weight is 426 g/mol. The molecule has 0 unspecified atom stereocenters. The Hall–Kier alpha value is -2.91. The molecule has 1 aliphatic heterocycles. The van der Waals surface area contributed by atoms with Gasteiger partial charge in [-0.05, 0) is 29.7 Å². The zero-order valence-corrected chi connectivity index (χ0v) is 17.8. The van der Waals surface area contributed by atoms with E-state index in [1.54, 1.807) is 29.6 Å². The molecule has 1 fully saturated rings. The predicted molar refractivity (Wildman–Crippen MR) is 120 cm³/mol. The van der Waals surface area contributed by atoms with Crippen molar-refractivity contribution >= 4 is 40.5 Å². The summed E-state index contributed by atoms with van der Waals surface area (Å²) in [5, 5.41) is 7.29. The highest BCUT2D eigenvalue weighted by Gasteiger charge is 2.16. The molecule has 30 heavy (non-hydrogen) atoms. The van der Waals surface area contributed by atoms with Gasteiger partial charge in [0, 0.05) is 37.3 Å². The molecule has 1 aromatic carbocycles. The zero-order chi connectivity index (χ0) is 20.9. The summed E-state index contributed by atoms with van der Waals surface area (Å²) in [5.74, 6) is 1.71. The van der Waals surface area contributed by atoms with Gasteiger partial charge in [0.05, 0.1) is 0 Å². The smallest absolute Gasteiger partial charge is 0.234 e. The lowest BCUT2D eigenvalue weighted by Gasteiger charge is -2.27. The Labute approximate surface area is 179 Å². The Balaban J connectivity index is 1.63. The standard InChI is InChI=1S/C21H24FN7S/c1-14(2)17-13-24-21(30-17)28-19-25-18(7-6-15-4-3-5-16(22)12-15)26-20(27-19)29-10-8-23-9-11-29/h3-7,12-14,23H,8-11H2,1-2H3,(H,24,25,26,27,28). The fourth-order valence-electron chi connectivity index (χ4n) is 3.01. The van der Waals surface area contributed by atoms with Crippen LogP contribution >= 0.6 is 11.3 Å². The van der Waals surface area contributed by atoms with Crippen molar-refractivity contribution in [3.8, 4) is 0 Å². The van der Waals surface area contributed by atoms with Gasteiger partial charge < -0.3 is 10.2 Å². The van der Waals surface area contributed by atoms with Gasteiger partial charge in [-0.3, -0.25) is 5.32 Å². The molecule has 0 atom stereocenters. The number of nitrogens with one attached hydrogen (secondary N) is 2. The van der Waals surface area contributed by atoms with E-state index in [4.69, 9.17) is 0 Å². The van der Waals surface area contributed by atoms with Gasteiger partial charge in [0.25, 0.3) is 0 Å². The Morgan fingerprint density at radius 3 is 2.73 bits per heavy atom. The second-order valence-electron chi connectivity index (χ2n) is 7.29. The second kappa shape index (κ2) is 9.27. The van der Waals surface area contributed by atoms with Gasteiger partial charge in [0.2, 0.25) is 11.9 Å². The summed E-state index contributed by atoms with van der Waals surface area (Å²) in [6.07, 6.45) is 5.44. The number of anilines is 3. The van der Waals surface area contributed by atoms with E-state index in [1.165, 1.54) is 17.0 Å². The summed E-state index contributed by atoms with van der Waals surface area (Å²) in [5.41, 5.74) is 0.746. The van der Waals surface area contributed by atoms with Crippen LogP contribution in [0, 0.1) is 5.82 Å². The first-order valence-corrected chi connectivity index (χ1v) is 10.8. The summed E-state index contributed by atoms with van der Waals surface area (Å²) >= 11 is 1.59. The molecule has 0 saturated carbocycles. The molecule has 1 aliphatic rings. The molecule has 2 aromatic heterocycles. The van der Waals surface area contributed by atoms with Crippen molar-refractivity contribution in [1.82, 2.24) is 25.3 Å². The highest BCUT2D eigenvalue weighted by atomic mass is 32.1. The van der Waals surface area contributed by atoms with Crippen molar-refractivity contribution in [1.29, 1.82) is 0 Å². The third-order valence-corrected chi connectivity index (χ3v) is 5.84. The van der Waals surface area contributed by atoms with E-state index >= 15 is 0 Å². The molecule has 2 N–H and O–H groups in total. The third kappa shape index (κ3) is 5.17. The maximum absolute atomic E-state index is 13.5. The topological polar surface area (TPSA) is 78.9 Å². The predicted octanol–water partition coefficient (Wildman–Crippen LogP) is 3.91. The molecule has 156 valence electrons. The van der Waals surface area contributed by atoms with Crippen LogP contribution in [-0.4, -0.2) is 46.1 Å². The van der Waals surface area contributed by atoms with Crippen molar-refractivity contribution in [3.05, 3.63) is 52.5 Å². The zero-order valence-electron chi connectivity index (χ0n) is 17.0. The Bertz CT molecular complexity index is 1030. The summed E-state index contributed by atoms with van der Waals surface area (Å²) in [6.45, 7) is 7.69. The lowest BCUT2D eigenvalue weighted by molar-refractivity contribution is 0.579. The quantitative estimate of drug-likeness (QED) is 0.620. The molecule has 0 spiro atoms. The SMILES string of the molecule is CC(C)c1cnc(Nc2nc(C=Cc3cccc(F)c3)nc(N3CCNCC3)n2)s1. The molecule has 0 aliphatic carbocycles. The summed E-state index contributed by atoms with van der Waals surface area (Å²) < 4.78 is 13.5. The highest BCUT2D eigenvalue weighted by molar-refractivity contribution is 7.15. The highest BCUT2D eigenvalue weighted by Crippen LogP contribution is 2.27. The molecule has 4 rings (SSSR count). The van der Waals surface area contributed by atoms with Gasteiger partial charge >= 0.3 is 0 Å². The van der Waals surface area contributed by atoms with E-state index in [2.05, 4.69) is 49.3 Å². The van der Waals surface area contributed by atoms with E-state index in [1.807, 2.05) is 12.3 Å². The van der Waals surface area contributed by atoms with E-state index < -0.39 is 0 Å². The summed E-state index contributed by atoms with van der Waals surface area (Å²) in [7, 11) is 0. The van der Waals surface area contributed by atoms with Crippen molar-refractivity contribution in [2.24, 2.45) is 0 Å². The van der Waals surface area contributed by atoms with Crippen LogP contribution < -0.4 is 15.5 Å². The minimum Gasteiger partial charge on any atom is -0.338 e. The molecular formula is C21H24FN7S. The van der Waals surface area contributed by atoms with Gasteiger partial charge in [-0.15, -0.1) is 11.3 Å². The number of piperazine rings is 1. The van der Waals surface area contributed by atoms with Crippen molar-refractivity contribution < 1.29 is 4.39 Å². The van der Waals surface area contributed by atoms with Crippen LogP contribution in [0.25, 0.3) is 12.2 Å². The van der Waals surface area contributed by atoms with Crippen LogP contribution in [0.2, 0.25) is 0 Å². The maximum atomic E-state index is 13.5. The number of hydrogen-bond acceptors (Lipinski definition) is 8. The molecule has 3 aromatic rings. The van der Waals surface area contributed by atoms with Crippen molar-refractivity contribution in [2.75, 3.05) is 36.4 Å². The van der Waals surface area contributed by atoms with E-state index in [9.17, 15) is 4.39 Å². The molecule has 3 heterocycles. The van der Waals surface area contributed by atoms with Crippen molar-refractivity contribution in [2.45, 2.75) is 19.8 Å². The lowest BCUT2D eigenvalue weighted by atomic mass is 10.2. The first kappa shape index (κ1) is 20.4. The first-order valence-electron chi connectivity index (χ1n) is 9.95. The molecular weight excluding hydrogens is 401 g/mol. The normalized spacial score (nSPS) is 14.6. The second-order valence-corrected chi connectivity index (χ2v) is 8.35. The Morgan fingerprint density at radius 1 is 1.17 bits per heavy atom. The number of nitrogens with zero attached hydrogens (tertiary/aromatic N) is 5. The molecule has 1 saturated heterocycles. The number of benzene rings is 1. The van der Waals surface area contributed by atoms with Gasteiger partial charge in [-0.25, -0.2) is 9.37 Å². The summed E-state index contributed by atoms with van der Waals surface area (Å²) in [4.78, 5) is 21.5. The molecule has 0 bridgehead atoms. The molecule has 0 radical (unpaired) electrons. The molecule has 7 nitrogen and oxygen atoms in total. The van der Waals surface area contributed by atoms with Crippen LogP contribution in [-0.2, 0) is 0 Å². The Morgan fingerprint density at radius 2 is 2.00 bits per heavy atom. The first-order chi connectivity index (χ1) is 14.6. The average Bonchev–Trinajstić information content (AvgIpc) is 3.22. The van der Waals surface area contributed by atoms with Crippen LogP contribution in [0.3, 0.4) is 0 Å². The number of aromatic nitrogens is 4. The molecule has 0 amide bonds. The van der Waals surface area contributed by atoms with Gasteiger partial charge in [-0.1, -0.05) is 32.1 Å². The van der Waals surface area contributed by atoms with Gasteiger partial charge in [0.15, 0.2) is 11.0 Å². The largest absolute Gasteiger partial charge is 0.338 e. The van der Waals surface area contributed by atoms with Crippen LogP contribution in [0.5, 0.6) is 0 Å². The van der Waals surface area contributed by atoms with Crippen LogP contribution in [0.15, 0.2) is 30.5 Å². The van der Waals surface area contributed by atoms with E-state index in [0.29, 0.717) is 23.6 Å². The minimum atomic E-state index is -0.276. The fraction of sp³-hybridized carbons (Fsp3) is 0.333. The molecule has 9 heteroatoms. The monoisotopic (exact) mass is 425 g/mol. The third-order valence-electron chi connectivity index (χ3n) is 4.63. The van der Waals surface area contributed by atoms with E-state index in [-0.39, 0.29) is 5.82 Å². The maximum Gasteiger partial charge on any atom is 0.234 e. The summed E-state index contributed by atoms with van der Waals surface area (Å²) in [6, 6.07) is 6.40. The minimum absolute atomic E-state index is 0.276. The van der Waals surface area contributed by atoms with E-state index in [0.717, 1.165) is 36.9 Å². The van der Waals surface area contributed by atoms with Crippen molar-refractivity contribution in [3.63, 3.8) is 0 Å². The Kier molecular flexibility index (Phi) is 6.29. The number of halogens is 1. The number of thiazole rings is 1. The van der Waals surface area contributed by atoms with Crippen LogP contribution in [0.4, 0.5) is 21.4 Å². The fourth-order valence-corrected chi connectivity index (χ4v) is 3.82. The van der Waals surface area contributed by atoms with Crippen LogP contribution in [0.1, 0.15) is 36.0 Å². The lowest BCUT2D eigenvalue weighted by Crippen LogP contribution is -2.44. The number of rotatable bonds is 6. The van der Waals surface area contributed by atoms with Gasteiger partial charge in [-0.2, -0.15) is 15.0 Å². The van der Waals surface area contributed by atoms with Gasteiger partial charge in [0.1, 0.15) is 5.82 Å². The number of hydrogen-bond donors (Lipinski definition) is 2.